The summed E-state index contributed by atoms with van der Waals surface area (Å²) in [5, 5.41) is 9.36. The van der Waals surface area contributed by atoms with Gasteiger partial charge in [0.1, 0.15) is 5.76 Å². The number of hydrogen-bond donors (Lipinski definition) is 1. The number of carboxylic acids is 1. The highest BCUT2D eigenvalue weighted by Gasteiger charge is 2.52. The number of aryl methyl sites for hydroxylation is 1. The summed E-state index contributed by atoms with van der Waals surface area (Å²) >= 11 is 0. The van der Waals surface area contributed by atoms with Crippen LogP contribution in [0.4, 0.5) is 0 Å². The summed E-state index contributed by atoms with van der Waals surface area (Å²) in [5.41, 5.74) is 1.31. The number of nitrogens with zero attached hydrogens (tertiary/aromatic N) is 1. The van der Waals surface area contributed by atoms with Crippen molar-refractivity contribution in [2.24, 2.45) is 5.92 Å². The van der Waals surface area contributed by atoms with Crippen LogP contribution in [0.1, 0.15) is 49.5 Å². The molecule has 1 aliphatic carbocycles. The highest BCUT2D eigenvalue weighted by Crippen LogP contribution is 2.49. The van der Waals surface area contributed by atoms with E-state index in [4.69, 9.17) is 4.42 Å². The molecule has 19 heavy (non-hydrogen) atoms. The van der Waals surface area contributed by atoms with Crippen molar-refractivity contribution in [3.05, 3.63) is 23.7 Å². The number of carboxylic acid groups (broad SMARTS) is 1. The summed E-state index contributed by atoms with van der Waals surface area (Å²) in [7, 11) is 0. The lowest BCUT2D eigenvalue weighted by molar-refractivity contribution is -0.142. The molecule has 0 aromatic carbocycles. The van der Waals surface area contributed by atoms with Crippen LogP contribution in [0.5, 0.6) is 0 Å². The molecular weight excluding hydrogens is 242 g/mol. The third-order valence-electron chi connectivity index (χ3n) is 5.29. The second-order valence-electron chi connectivity index (χ2n) is 6.13. The molecule has 1 aromatic rings. The Morgan fingerprint density at radius 2 is 2.26 bits per heavy atom. The highest BCUT2D eigenvalue weighted by molar-refractivity contribution is 5.71. The standard InChI is InChI=1S/C15H19NO3/c17-15(18)11-8-9-4-5-13(11)16(9)12-2-1-3-14-10(12)6-7-19-14/h6-7,9,11-13H,1-5,8H2,(H,17,18). The summed E-state index contributed by atoms with van der Waals surface area (Å²) in [6.07, 6.45) is 8.16. The van der Waals surface area contributed by atoms with Crippen molar-refractivity contribution in [3.8, 4) is 0 Å². The fourth-order valence-electron chi connectivity index (χ4n) is 4.55. The first kappa shape index (κ1) is 11.5. The van der Waals surface area contributed by atoms with Crippen LogP contribution in [0, 0.1) is 5.92 Å². The van der Waals surface area contributed by atoms with Gasteiger partial charge >= 0.3 is 5.97 Å². The average molecular weight is 261 g/mol. The SMILES string of the molecule is O=C(O)C1CC2CCC1N2C1CCCc2occc21. The van der Waals surface area contributed by atoms with E-state index in [1.165, 1.54) is 5.56 Å². The molecule has 0 spiro atoms. The Balaban J connectivity index is 1.66. The second-order valence-corrected chi connectivity index (χ2v) is 6.13. The minimum absolute atomic E-state index is 0.156. The highest BCUT2D eigenvalue weighted by atomic mass is 16.4. The molecule has 0 amide bonds. The molecule has 3 heterocycles. The van der Waals surface area contributed by atoms with Gasteiger partial charge in [-0.3, -0.25) is 9.69 Å². The zero-order valence-corrected chi connectivity index (χ0v) is 10.9. The summed E-state index contributed by atoms with van der Waals surface area (Å²) in [6.45, 7) is 0. The van der Waals surface area contributed by atoms with E-state index in [0.29, 0.717) is 12.1 Å². The summed E-state index contributed by atoms with van der Waals surface area (Å²) in [6, 6.07) is 3.20. The summed E-state index contributed by atoms with van der Waals surface area (Å²) in [5.74, 6) is 0.353. The molecule has 4 heteroatoms. The van der Waals surface area contributed by atoms with E-state index in [2.05, 4.69) is 11.0 Å². The van der Waals surface area contributed by atoms with Crippen LogP contribution in [-0.4, -0.2) is 28.1 Å². The molecule has 1 N–H and O–H groups in total. The molecule has 4 rings (SSSR count). The molecule has 2 fully saturated rings. The molecular formula is C15H19NO3. The molecule has 2 saturated heterocycles. The van der Waals surface area contributed by atoms with Crippen LogP contribution < -0.4 is 0 Å². The van der Waals surface area contributed by atoms with Crippen LogP contribution in [0.15, 0.2) is 16.7 Å². The van der Waals surface area contributed by atoms with Gasteiger partial charge < -0.3 is 9.52 Å². The van der Waals surface area contributed by atoms with Crippen LogP contribution >= 0.6 is 0 Å². The van der Waals surface area contributed by atoms with Gasteiger partial charge in [-0.15, -0.1) is 0 Å². The third-order valence-corrected chi connectivity index (χ3v) is 5.29. The maximum Gasteiger partial charge on any atom is 0.308 e. The lowest BCUT2D eigenvalue weighted by atomic mass is 9.89. The lowest BCUT2D eigenvalue weighted by Gasteiger charge is -2.34. The molecule has 1 aromatic heterocycles. The fraction of sp³-hybridized carbons (Fsp3) is 0.667. The van der Waals surface area contributed by atoms with E-state index in [9.17, 15) is 9.90 Å². The monoisotopic (exact) mass is 261 g/mol. The molecule has 102 valence electrons. The van der Waals surface area contributed by atoms with E-state index in [1.807, 2.05) is 0 Å². The second kappa shape index (κ2) is 4.10. The van der Waals surface area contributed by atoms with Crippen molar-refractivity contribution in [1.82, 2.24) is 4.90 Å². The largest absolute Gasteiger partial charge is 0.481 e. The first-order valence-electron chi connectivity index (χ1n) is 7.32. The number of rotatable bonds is 2. The Kier molecular flexibility index (Phi) is 2.49. The van der Waals surface area contributed by atoms with Crippen LogP contribution in [0.25, 0.3) is 0 Å². The molecule has 2 bridgehead atoms. The van der Waals surface area contributed by atoms with Crippen molar-refractivity contribution in [2.75, 3.05) is 0 Å². The van der Waals surface area contributed by atoms with Gasteiger partial charge in [-0.05, 0) is 38.2 Å². The van der Waals surface area contributed by atoms with Gasteiger partial charge in [0.25, 0.3) is 0 Å². The minimum Gasteiger partial charge on any atom is -0.481 e. The van der Waals surface area contributed by atoms with Gasteiger partial charge in [0.2, 0.25) is 0 Å². The van der Waals surface area contributed by atoms with Crippen LogP contribution in [0.2, 0.25) is 0 Å². The number of carbonyl (C=O) groups is 1. The fourth-order valence-corrected chi connectivity index (χ4v) is 4.55. The number of fused-ring (bicyclic) bond motifs is 3. The van der Waals surface area contributed by atoms with Crippen molar-refractivity contribution in [1.29, 1.82) is 0 Å². The Labute approximate surface area is 112 Å². The molecule has 3 aliphatic rings. The molecule has 2 aliphatic heterocycles. The van der Waals surface area contributed by atoms with Crippen LogP contribution in [-0.2, 0) is 11.2 Å². The first-order chi connectivity index (χ1) is 9.25. The smallest absolute Gasteiger partial charge is 0.308 e. The molecule has 4 nitrogen and oxygen atoms in total. The molecule has 0 saturated carbocycles. The number of aliphatic carboxylic acids is 1. The van der Waals surface area contributed by atoms with Crippen molar-refractivity contribution in [2.45, 2.75) is 56.7 Å². The van der Waals surface area contributed by atoms with Gasteiger partial charge in [-0.25, -0.2) is 0 Å². The van der Waals surface area contributed by atoms with Crippen molar-refractivity contribution < 1.29 is 14.3 Å². The van der Waals surface area contributed by atoms with Gasteiger partial charge in [-0.1, -0.05) is 0 Å². The molecule has 4 atom stereocenters. The summed E-state index contributed by atoms with van der Waals surface area (Å²) in [4.78, 5) is 13.9. The Hall–Kier alpha value is -1.29. The summed E-state index contributed by atoms with van der Waals surface area (Å²) < 4.78 is 5.57. The molecule has 4 unspecified atom stereocenters. The lowest BCUT2D eigenvalue weighted by Crippen LogP contribution is -2.37. The number of hydrogen-bond acceptors (Lipinski definition) is 3. The maximum atomic E-state index is 11.4. The predicted octanol–water partition coefficient (Wildman–Crippen LogP) is 2.59. The van der Waals surface area contributed by atoms with Gasteiger partial charge in [-0.2, -0.15) is 0 Å². The first-order valence-corrected chi connectivity index (χ1v) is 7.32. The normalized spacial score (nSPS) is 37.5. The zero-order chi connectivity index (χ0) is 13.0. The van der Waals surface area contributed by atoms with Crippen LogP contribution in [0.3, 0.4) is 0 Å². The van der Waals surface area contributed by atoms with E-state index in [1.54, 1.807) is 6.26 Å². The topological polar surface area (TPSA) is 53.7 Å². The third kappa shape index (κ3) is 1.59. The minimum atomic E-state index is -0.611. The average Bonchev–Trinajstić information content (AvgIpc) is 3.11. The van der Waals surface area contributed by atoms with E-state index in [0.717, 1.165) is 44.3 Å². The quantitative estimate of drug-likeness (QED) is 0.889. The predicted molar refractivity (Wildman–Crippen MR) is 68.8 cm³/mol. The molecule has 0 radical (unpaired) electrons. The Bertz CT molecular complexity index is 509. The van der Waals surface area contributed by atoms with Gasteiger partial charge in [0.15, 0.2) is 0 Å². The Morgan fingerprint density at radius 3 is 3.05 bits per heavy atom. The van der Waals surface area contributed by atoms with Crippen molar-refractivity contribution in [3.63, 3.8) is 0 Å². The van der Waals surface area contributed by atoms with Gasteiger partial charge in [0, 0.05) is 30.1 Å². The van der Waals surface area contributed by atoms with Gasteiger partial charge in [0.05, 0.1) is 12.2 Å². The van der Waals surface area contributed by atoms with E-state index < -0.39 is 5.97 Å². The number of furan rings is 1. The van der Waals surface area contributed by atoms with Crippen molar-refractivity contribution >= 4 is 5.97 Å². The zero-order valence-electron chi connectivity index (χ0n) is 10.9. The Morgan fingerprint density at radius 1 is 1.37 bits per heavy atom. The van der Waals surface area contributed by atoms with E-state index in [-0.39, 0.29) is 12.0 Å². The van der Waals surface area contributed by atoms with E-state index >= 15 is 0 Å². The maximum absolute atomic E-state index is 11.4.